The van der Waals surface area contributed by atoms with Gasteiger partial charge in [-0.2, -0.15) is 0 Å². The van der Waals surface area contributed by atoms with E-state index in [0.29, 0.717) is 5.56 Å². The molecule has 0 saturated carbocycles. The third-order valence-corrected chi connectivity index (χ3v) is 3.63. The molecule has 1 aromatic rings. The van der Waals surface area contributed by atoms with Gasteiger partial charge in [-0.15, -0.1) is 0 Å². The lowest BCUT2D eigenvalue weighted by molar-refractivity contribution is -0.142. The lowest BCUT2D eigenvalue weighted by Gasteiger charge is -2.27. The van der Waals surface area contributed by atoms with E-state index in [4.69, 9.17) is 4.74 Å². The monoisotopic (exact) mass is 325 g/mol. The van der Waals surface area contributed by atoms with Crippen LogP contribution in [-0.2, 0) is 15.1 Å². The molecule has 1 heterocycles. The number of aliphatic carboxylic acids is 1. The largest absolute Gasteiger partial charge is 0.480 e. The number of hydrogen-bond donors (Lipinski definition) is 2. The van der Waals surface area contributed by atoms with Crippen LogP contribution in [0.5, 0.6) is 0 Å². The second kappa shape index (κ2) is 5.81. The lowest BCUT2D eigenvalue weighted by Crippen LogP contribution is -2.43. The number of carbonyl (C=O) groups excluding carboxylic acids is 1. The fourth-order valence-corrected chi connectivity index (χ4v) is 2.59. The van der Waals surface area contributed by atoms with Crippen LogP contribution in [0.2, 0.25) is 0 Å². The molecule has 1 aromatic carbocycles. The minimum Gasteiger partial charge on any atom is -0.480 e. The number of benzene rings is 1. The maximum Gasteiger partial charge on any atom is 0.411 e. The van der Waals surface area contributed by atoms with Crippen LogP contribution in [0.3, 0.4) is 0 Å². The van der Waals surface area contributed by atoms with Gasteiger partial charge in [-0.25, -0.2) is 14.0 Å². The molecule has 1 saturated heterocycles. The van der Waals surface area contributed by atoms with Gasteiger partial charge in [0.05, 0.1) is 6.54 Å². The van der Waals surface area contributed by atoms with Crippen molar-refractivity contribution in [2.75, 3.05) is 6.54 Å². The topological polar surface area (TPSA) is 87.1 Å². The zero-order valence-corrected chi connectivity index (χ0v) is 13.2. The highest BCUT2D eigenvalue weighted by atomic mass is 19.1. The van der Waals surface area contributed by atoms with Crippen molar-refractivity contribution >= 4 is 12.1 Å². The van der Waals surface area contributed by atoms with Crippen molar-refractivity contribution in [3.05, 3.63) is 35.6 Å². The quantitative estimate of drug-likeness (QED) is 0.869. The van der Waals surface area contributed by atoms with Gasteiger partial charge in [0, 0.05) is 6.42 Å². The van der Waals surface area contributed by atoms with Crippen molar-refractivity contribution in [1.82, 2.24) is 4.90 Å². The minimum atomic E-state index is -1.56. The van der Waals surface area contributed by atoms with Crippen molar-refractivity contribution in [1.29, 1.82) is 0 Å². The van der Waals surface area contributed by atoms with Gasteiger partial charge in [0.1, 0.15) is 23.1 Å². The van der Waals surface area contributed by atoms with Crippen molar-refractivity contribution in [2.24, 2.45) is 0 Å². The highest BCUT2D eigenvalue weighted by Crippen LogP contribution is 2.36. The highest BCUT2D eigenvalue weighted by Gasteiger charge is 2.50. The number of rotatable bonds is 2. The van der Waals surface area contributed by atoms with Gasteiger partial charge < -0.3 is 14.9 Å². The summed E-state index contributed by atoms with van der Waals surface area (Å²) in [6, 6.07) is 3.91. The van der Waals surface area contributed by atoms with Gasteiger partial charge in [-0.1, -0.05) is 12.1 Å². The maximum absolute atomic E-state index is 13.0. The summed E-state index contributed by atoms with van der Waals surface area (Å²) < 4.78 is 18.2. The smallest absolute Gasteiger partial charge is 0.411 e. The van der Waals surface area contributed by atoms with E-state index in [9.17, 15) is 24.2 Å². The molecule has 2 atom stereocenters. The molecule has 2 rings (SSSR count). The molecule has 0 aromatic heterocycles. The van der Waals surface area contributed by atoms with Crippen molar-refractivity contribution < 1.29 is 28.9 Å². The number of aliphatic hydroxyl groups is 1. The zero-order chi connectivity index (χ0) is 17.4. The van der Waals surface area contributed by atoms with Crippen LogP contribution >= 0.6 is 0 Å². The van der Waals surface area contributed by atoms with Gasteiger partial charge in [0.15, 0.2) is 0 Å². The second-order valence-corrected chi connectivity index (χ2v) is 6.70. The number of carboxylic acid groups (broad SMARTS) is 1. The molecule has 0 unspecified atom stereocenters. The van der Waals surface area contributed by atoms with Gasteiger partial charge in [0.2, 0.25) is 0 Å². The Labute approximate surface area is 133 Å². The van der Waals surface area contributed by atoms with Crippen LogP contribution in [-0.4, -0.2) is 45.4 Å². The van der Waals surface area contributed by atoms with Crippen LogP contribution in [0.15, 0.2) is 24.3 Å². The van der Waals surface area contributed by atoms with E-state index in [0.717, 1.165) is 4.90 Å². The molecule has 7 heteroatoms. The van der Waals surface area contributed by atoms with E-state index < -0.39 is 35.1 Å². The number of carboxylic acids is 1. The lowest BCUT2D eigenvalue weighted by atomic mass is 9.91. The Kier molecular flexibility index (Phi) is 4.34. The van der Waals surface area contributed by atoms with E-state index in [2.05, 4.69) is 0 Å². The summed E-state index contributed by atoms with van der Waals surface area (Å²) in [4.78, 5) is 24.6. The number of hydrogen-bond acceptors (Lipinski definition) is 4. The standard InChI is InChI=1S/C16H20FNO5/c1-15(2,3)23-14(21)18-9-16(22,8-12(18)13(19)20)10-4-6-11(17)7-5-10/h4-7,12,22H,8-9H2,1-3H3,(H,19,20)/t12-,16-/m0/s1. The number of nitrogens with zero attached hydrogens (tertiary/aromatic N) is 1. The van der Waals surface area contributed by atoms with Crippen LogP contribution in [0, 0.1) is 5.82 Å². The molecule has 1 aliphatic rings. The first-order chi connectivity index (χ1) is 10.5. The molecular weight excluding hydrogens is 305 g/mol. The van der Waals surface area contributed by atoms with Gasteiger partial charge in [0.25, 0.3) is 0 Å². The fraction of sp³-hybridized carbons (Fsp3) is 0.500. The highest BCUT2D eigenvalue weighted by molar-refractivity contribution is 5.81. The van der Waals surface area contributed by atoms with E-state index in [-0.39, 0.29) is 13.0 Å². The molecule has 0 spiro atoms. The Morgan fingerprint density at radius 1 is 1.30 bits per heavy atom. The predicted octanol–water partition coefficient (Wildman–Crippen LogP) is 2.11. The number of β-amino-alcohol motifs (C(OH)–C–C–N with tert-alkyl or cyclic N) is 1. The van der Waals surface area contributed by atoms with E-state index in [1.165, 1.54) is 24.3 Å². The molecule has 1 aliphatic heterocycles. The molecule has 2 N–H and O–H groups in total. The predicted molar refractivity (Wildman–Crippen MR) is 79.3 cm³/mol. The zero-order valence-electron chi connectivity index (χ0n) is 13.2. The Balaban J connectivity index is 2.28. The number of ether oxygens (including phenoxy) is 1. The normalized spacial score (nSPS) is 24.6. The van der Waals surface area contributed by atoms with Crippen LogP contribution in [0.25, 0.3) is 0 Å². The number of amides is 1. The third-order valence-electron chi connectivity index (χ3n) is 3.63. The minimum absolute atomic E-state index is 0.187. The Hall–Kier alpha value is -2.15. The molecule has 23 heavy (non-hydrogen) atoms. The van der Waals surface area contributed by atoms with Gasteiger partial charge in [-0.05, 0) is 38.5 Å². The Bertz CT molecular complexity index is 610. The first kappa shape index (κ1) is 17.2. The fourth-order valence-electron chi connectivity index (χ4n) is 2.59. The molecule has 6 nitrogen and oxygen atoms in total. The van der Waals surface area contributed by atoms with Gasteiger partial charge in [-0.3, -0.25) is 4.90 Å². The average Bonchev–Trinajstić information content (AvgIpc) is 2.77. The molecule has 0 radical (unpaired) electrons. The van der Waals surface area contributed by atoms with E-state index in [1.54, 1.807) is 20.8 Å². The number of halogens is 1. The van der Waals surface area contributed by atoms with Crippen LogP contribution < -0.4 is 0 Å². The van der Waals surface area contributed by atoms with Gasteiger partial charge >= 0.3 is 12.1 Å². The molecule has 1 fully saturated rings. The first-order valence-corrected chi connectivity index (χ1v) is 7.23. The Morgan fingerprint density at radius 3 is 2.35 bits per heavy atom. The second-order valence-electron chi connectivity index (χ2n) is 6.70. The van der Waals surface area contributed by atoms with E-state index >= 15 is 0 Å². The summed E-state index contributed by atoms with van der Waals surface area (Å²) >= 11 is 0. The van der Waals surface area contributed by atoms with Crippen molar-refractivity contribution in [3.63, 3.8) is 0 Å². The SMILES string of the molecule is CC(C)(C)OC(=O)N1C[C@](O)(c2ccc(F)cc2)C[C@H]1C(=O)O. The summed E-state index contributed by atoms with van der Waals surface area (Å²) in [5, 5.41) is 20.1. The number of likely N-dealkylation sites (tertiary alicyclic amines) is 1. The summed E-state index contributed by atoms with van der Waals surface area (Å²) in [6.45, 7) is 4.78. The number of carbonyl (C=O) groups is 2. The molecule has 0 aliphatic carbocycles. The summed E-state index contributed by atoms with van der Waals surface area (Å²) in [5.74, 6) is -1.69. The summed E-state index contributed by atoms with van der Waals surface area (Å²) in [7, 11) is 0. The molecule has 0 bridgehead atoms. The van der Waals surface area contributed by atoms with Crippen molar-refractivity contribution in [3.8, 4) is 0 Å². The van der Waals surface area contributed by atoms with E-state index in [1.807, 2.05) is 0 Å². The van der Waals surface area contributed by atoms with Crippen molar-refractivity contribution in [2.45, 2.75) is 44.4 Å². The van der Waals surface area contributed by atoms with Crippen LogP contribution in [0.1, 0.15) is 32.8 Å². The average molecular weight is 325 g/mol. The summed E-state index contributed by atoms with van der Waals surface area (Å²) in [6.07, 6.45) is -0.990. The Morgan fingerprint density at radius 2 is 1.87 bits per heavy atom. The molecule has 1 amide bonds. The summed E-state index contributed by atoms with van der Waals surface area (Å²) in [5.41, 5.74) is -1.99. The van der Waals surface area contributed by atoms with Crippen LogP contribution in [0.4, 0.5) is 9.18 Å². The molecule has 126 valence electrons. The first-order valence-electron chi connectivity index (χ1n) is 7.23. The molecular formula is C16H20FNO5. The maximum atomic E-state index is 13.0. The third kappa shape index (κ3) is 3.79.